The molecule has 0 aliphatic heterocycles. The third kappa shape index (κ3) is 1.87. The van der Waals surface area contributed by atoms with Gasteiger partial charge in [-0.1, -0.05) is 43.3 Å². The fourth-order valence-electron chi connectivity index (χ4n) is 1.98. The highest BCUT2D eigenvalue weighted by atomic mass is 14.6. The molecule has 2 rings (SSSR count). The molecule has 0 aliphatic rings. The number of anilines is 2. The summed E-state index contributed by atoms with van der Waals surface area (Å²) in [6.45, 7) is 2.12. The zero-order valence-electron chi connectivity index (χ0n) is 9.35. The second kappa shape index (κ2) is 4.27. The van der Waals surface area contributed by atoms with Gasteiger partial charge in [-0.3, -0.25) is 0 Å². The van der Waals surface area contributed by atoms with Crippen LogP contribution in [0.4, 0.5) is 11.4 Å². The zero-order chi connectivity index (χ0) is 11.5. The molecule has 0 radical (unpaired) electrons. The lowest BCUT2D eigenvalue weighted by atomic mass is 9.91. The maximum absolute atomic E-state index is 5.97. The Morgan fingerprint density at radius 2 is 1.12 bits per heavy atom. The molecule has 2 aromatic carbocycles. The first-order chi connectivity index (χ1) is 7.70. The molecule has 0 aliphatic carbocycles. The number of rotatable bonds is 2. The Morgan fingerprint density at radius 1 is 0.750 bits per heavy atom. The lowest BCUT2D eigenvalue weighted by Crippen LogP contribution is -2.03. The fourth-order valence-corrected chi connectivity index (χ4v) is 1.98. The van der Waals surface area contributed by atoms with E-state index in [0.29, 0.717) is 0 Å². The van der Waals surface area contributed by atoms with Gasteiger partial charge in [-0.05, 0) is 23.3 Å². The Kier molecular flexibility index (Phi) is 2.82. The highest BCUT2D eigenvalue weighted by Gasteiger charge is 2.12. The van der Waals surface area contributed by atoms with Crippen molar-refractivity contribution in [2.45, 2.75) is 12.8 Å². The Balaban J connectivity index is 2.44. The van der Waals surface area contributed by atoms with Gasteiger partial charge in [-0.15, -0.1) is 0 Å². The second-order valence-corrected chi connectivity index (χ2v) is 3.98. The largest absolute Gasteiger partial charge is 0.398 e. The molecule has 0 saturated carbocycles. The third-order valence-electron chi connectivity index (χ3n) is 2.93. The molecule has 0 bridgehead atoms. The van der Waals surface area contributed by atoms with E-state index in [0.717, 1.165) is 22.5 Å². The van der Waals surface area contributed by atoms with Gasteiger partial charge in [-0.2, -0.15) is 0 Å². The van der Waals surface area contributed by atoms with Crippen LogP contribution in [0.25, 0.3) is 0 Å². The first kappa shape index (κ1) is 10.6. The molecular weight excluding hydrogens is 196 g/mol. The van der Waals surface area contributed by atoms with Gasteiger partial charge in [0.1, 0.15) is 0 Å². The van der Waals surface area contributed by atoms with E-state index < -0.39 is 0 Å². The van der Waals surface area contributed by atoms with E-state index in [2.05, 4.69) is 6.92 Å². The molecule has 0 aromatic heterocycles. The van der Waals surface area contributed by atoms with Crippen molar-refractivity contribution in [1.82, 2.24) is 0 Å². The van der Waals surface area contributed by atoms with Crippen molar-refractivity contribution in [3.05, 3.63) is 59.7 Å². The summed E-state index contributed by atoms with van der Waals surface area (Å²) < 4.78 is 0. The van der Waals surface area contributed by atoms with Crippen molar-refractivity contribution in [2.75, 3.05) is 11.5 Å². The topological polar surface area (TPSA) is 52.0 Å². The van der Waals surface area contributed by atoms with Crippen molar-refractivity contribution < 1.29 is 0 Å². The average molecular weight is 212 g/mol. The third-order valence-corrected chi connectivity index (χ3v) is 2.93. The van der Waals surface area contributed by atoms with Gasteiger partial charge < -0.3 is 11.5 Å². The first-order valence-corrected chi connectivity index (χ1v) is 5.39. The van der Waals surface area contributed by atoms with Gasteiger partial charge >= 0.3 is 0 Å². The average Bonchev–Trinajstić information content (AvgIpc) is 2.29. The van der Waals surface area contributed by atoms with Gasteiger partial charge in [0.05, 0.1) is 0 Å². The maximum atomic E-state index is 5.97. The molecule has 0 saturated heterocycles. The van der Waals surface area contributed by atoms with E-state index in [1.165, 1.54) is 0 Å². The van der Waals surface area contributed by atoms with Crippen LogP contribution >= 0.6 is 0 Å². The molecule has 2 nitrogen and oxygen atoms in total. The number of nitrogens with two attached hydrogens (primary N) is 2. The minimum atomic E-state index is 0.224. The molecule has 0 atom stereocenters. The monoisotopic (exact) mass is 212 g/mol. The van der Waals surface area contributed by atoms with Crippen LogP contribution in [0.2, 0.25) is 0 Å². The number of benzene rings is 2. The van der Waals surface area contributed by atoms with E-state index in [-0.39, 0.29) is 5.92 Å². The summed E-state index contributed by atoms with van der Waals surface area (Å²) in [5.41, 5.74) is 15.8. The molecular formula is C14H16N2. The van der Waals surface area contributed by atoms with Crippen LogP contribution in [0.1, 0.15) is 24.0 Å². The molecule has 0 heterocycles. The zero-order valence-corrected chi connectivity index (χ0v) is 9.35. The number of hydrogen-bond donors (Lipinski definition) is 2. The molecule has 2 aromatic rings. The van der Waals surface area contributed by atoms with Gasteiger partial charge in [-0.25, -0.2) is 0 Å². The molecule has 0 amide bonds. The van der Waals surface area contributed by atoms with Crippen LogP contribution in [0.5, 0.6) is 0 Å². The molecule has 82 valence electrons. The van der Waals surface area contributed by atoms with Crippen molar-refractivity contribution in [1.29, 1.82) is 0 Å². The van der Waals surface area contributed by atoms with Crippen molar-refractivity contribution in [3.8, 4) is 0 Å². The van der Waals surface area contributed by atoms with E-state index >= 15 is 0 Å². The maximum Gasteiger partial charge on any atom is 0.0352 e. The van der Waals surface area contributed by atoms with Crippen LogP contribution in [-0.2, 0) is 0 Å². The van der Waals surface area contributed by atoms with Gasteiger partial charge in [0.15, 0.2) is 0 Å². The van der Waals surface area contributed by atoms with E-state index in [4.69, 9.17) is 11.5 Å². The summed E-state index contributed by atoms with van der Waals surface area (Å²) in [5, 5.41) is 0. The SMILES string of the molecule is CC(c1ccccc1N)c1ccccc1N. The smallest absolute Gasteiger partial charge is 0.0352 e. The quantitative estimate of drug-likeness (QED) is 0.752. The Morgan fingerprint density at radius 3 is 1.50 bits per heavy atom. The molecule has 2 heteroatoms. The van der Waals surface area contributed by atoms with Crippen molar-refractivity contribution >= 4 is 11.4 Å². The second-order valence-electron chi connectivity index (χ2n) is 3.98. The number of para-hydroxylation sites is 2. The first-order valence-electron chi connectivity index (χ1n) is 5.39. The van der Waals surface area contributed by atoms with E-state index in [1.54, 1.807) is 0 Å². The lowest BCUT2D eigenvalue weighted by molar-refractivity contribution is 0.929. The predicted octanol–water partition coefficient (Wildman–Crippen LogP) is 3.00. The van der Waals surface area contributed by atoms with Crippen LogP contribution in [0.3, 0.4) is 0 Å². The minimum Gasteiger partial charge on any atom is -0.398 e. The summed E-state index contributed by atoms with van der Waals surface area (Å²) in [4.78, 5) is 0. The summed E-state index contributed by atoms with van der Waals surface area (Å²) in [7, 11) is 0. The number of nitrogen functional groups attached to an aromatic ring is 2. The molecule has 16 heavy (non-hydrogen) atoms. The highest BCUT2D eigenvalue weighted by Crippen LogP contribution is 2.31. The van der Waals surface area contributed by atoms with Gasteiger partial charge in [0, 0.05) is 17.3 Å². The molecule has 0 unspecified atom stereocenters. The lowest BCUT2D eigenvalue weighted by Gasteiger charge is -2.16. The Labute approximate surface area is 95.9 Å². The van der Waals surface area contributed by atoms with Gasteiger partial charge in [0.25, 0.3) is 0 Å². The summed E-state index contributed by atoms with van der Waals surface area (Å²) >= 11 is 0. The summed E-state index contributed by atoms with van der Waals surface area (Å²) in [6.07, 6.45) is 0. The van der Waals surface area contributed by atoms with Crippen LogP contribution < -0.4 is 11.5 Å². The molecule has 0 fully saturated rings. The molecule has 0 spiro atoms. The van der Waals surface area contributed by atoms with E-state index in [9.17, 15) is 0 Å². The normalized spacial score (nSPS) is 10.6. The fraction of sp³-hybridized carbons (Fsp3) is 0.143. The van der Waals surface area contributed by atoms with Crippen LogP contribution in [0, 0.1) is 0 Å². The Hall–Kier alpha value is -1.96. The van der Waals surface area contributed by atoms with Crippen LogP contribution in [0.15, 0.2) is 48.5 Å². The molecule has 4 N–H and O–H groups in total. The van der Waals surface area contributed by atoms with E-state index in [1.807, 2.05) is 48.5 Å². The van der Waals surface area contributed by atoms with Crippen molar-refractivity contribution in [2.24, 2.45) is 0 Å². The summed E-state index contributed by atoms with van der Waals surface area (Å²) in [6, 6.07) is 15.8. The number of hydrogen-bond acceptors (Lipinski definition) is 2. The standard InChI is InChI=1S/C14H16N2/c1-10(11-6-2-4-8-13(11)15)12-7-3-5-9-14(12)16/h2-10H,15-16H2,1H3. The highest BCUT2D eigenvalue weighted by molar-refractivity contribution is 5.57. The minimum absolute atomic E-state index is 0.224. The van der Waals surface area contributed by atoms with Crippen molar-refractivity contribution in [3.63, 3.8) is 0 Å². The summed E-state index contributed by atoms with van der Waals surface area (Å²) in [5.74, 6) is 0.224. The Bertz CT molecular complexity index is 446. The van der Waals surface area contributed by atoms with Gasteiger partial charge in [0.2, 0.25) is 0 Å². The predicted molar refractivity (Wildman–Crippen MR) is 69.2 cm³/mol. The van der Waals surface area contributed by atoms with Crippen LogP contribution in [-0.4, -0.2) is 0 Å².